The number of carboxylic acid groups (broad SMARTS) is 1. The minimum atomic E-state index is -1.37. The number of carboxylic acids is 1. The van der Waals surface area contributed by atoms with E-state index in [4.69, 9.17) is 28.3 Å². The van der Waals surface area contributed by atoms with Crippen LogP contribution in [0.25, 0.3) is 5.69 Å². The second-order valence-electron chi connectivity index (χ2n) is 3.65. The van der Waals surface area contributed by atoms with E-state index >= 15 is 0 Å². The number of carbonyl (C=O) groups is 1. The van der Waals surface area contributed by atoms with Gasteiger partial charge in [-0.1, -0.05) is 29.3 Å². The van der Waals surface area contributed by atoms with Gasteiger partial charge in [-0.3, -0.25) is 9.36 Å². The largest absolute Gasteiger partial charge is 0.508 e. The van der Waals surface area contributed by atoms with Crippen molar-refractivity contribution in [2.24, 2.45) is 0 Å². The third kappa shape index (κ3) is 2.43. The summed E-state index contributed by atoms with van der Waals surface area (Å²) in [7, 11) is 0. The van der Waals surface area contributed by atoms with Crippen molar-refractivity contribution in [3.05, 3.63) is 56.4 Å². The first-order valence-corrected chi connectivity index (χ1v) is 5.81. The van der Waals surface area contributed by atoms with Crippen LogP contribution >= 0.6 is 23.2 Å². The van der Waals surface area contributed by atoms with Crippen LogP contribution in [0.3, 0.4) is 0 Å². The van der Waals surface area contributed by atoms with Crippen LogP contribution in [0.15, 0.2) is 35.1 Å². The van der Waals surface area contributed by atoms with Crippen molar-refractivity contribution in [3.63, 3.8) is 0 Å². The molecular weight excluding hydrogens is 293 g/mol. The number of nitrogens with zero attached hydrogens (tertiary/aromatic N) is 1. The van der Waals surface area contributed by atoms with Gasteiger partial charge in [0, 0.05) is 12.1 Å². The molecule has 0 bridgehead atoms. The Morgan fingerprint density at radius 1 is 1.21 bits per heavy atom. The average molecular weight is 300 g/mol. The summed E-state index contributed by atoms with van der Waals surface area (Å²) in [5, 5.41) is 18.6. The Morgan fingerprint density at radius 2 is 1.89 bits per heavy atom. The van der Waals surface area contributed by atoms with Gasteiger partial charge in [0.2, 0.25) is 0 Å². The lowest BCUT2D eigenvalue weighted by Gasteiger charge is -2.12. The summed E-state index contributed by atoms with van der Waals surface area (Å²) in [5.41, 5.74) is -0.993. The minimum absolute atomic E-state index is 0.0551. The molecule has 0 aliphatic rings. The van der Waals surface area contributed by atoms with Gasteiger partial charge in [-0.2, -0.15) is 0 Å². The number of hydrogen-bond acceptors (Lipinski definition) is 3. The Hall–Kier alpha value is -1.98. The fourth-order valence-corrected chi connectivity index (χ4v) is 2.01. The molecule has 0 aliphatic heterocycles. The Morgan fingerprint density at radius 3 is 2.53 bits per heavy atom. The molecule has 98 valence electrons. The van der Waals surface area contributed by atoms with E-state index in [0.717, 1.165) is 16.7 Å². The van der Waals surface area contributed by atoms with Crippen LogP contribution in [-0.4, -0.2) is 20.7 Å². The van der Waals surface area contributed by atoms with Gasteiger partial charge in [-0.05, 0) is 12.1 Å². The summed E-state index contributed by atoms with van der Waals surface area (Å²) in [6, 6.07) is 6.36. The van der Waals surface area contributed by atoms with Crippen molar-refractivity contribution in [2.75, 3.05) is 0 Å². The van der Waals surface area contributed by atoms with E-state index in [1.807, 2.05) is 0 Å². The number of halogens is 2. The molecule has 2 N–H and O–H groups in total. The second-order valence-corrected chi connectivity index (χ2v) is 4.44. The molecule has 7 heteroatoms. The number of rotatable bonds is 2. The predicted molar refractivity (Wildman–Crippen MR) is 70.7 cm³/mol. The van der Waals surface area contributed by atoms with E-state index < -0.39 is 23.0 Å². The van der Waals surface area contributed by atoms with E-state index in [1.165, 1.54) is 18.2 Å². The quantitative estimate of drug-likeness (QED) is 0.893. The molecule has 0 radical (unpaired) electrons. The summed E-state index contributed by atoms with van der Waals surface area (Å²) < 4.78 is 0.871. The minimum Gasteiger partial charge on any atom is -0.508 e. The highest BCUT2D eigenvalue weighted by Crippen LogP contribution is 2.28. The van der Waals surface area contributed by atoms with Gasteiger partial charge in [-0.25, -0.2) is 4.79 Å². The highest BCUT2D eigenvalue weighted by molar-refractivity contribution is 6.43. The number of aromatic hydroxyl groups is 1. The van der Waals surface area contributed by atoms with Crippen molar-refractivity contribution in [3.8, 4) is 11.4 Å². The summed E-state index contributed by atoms with van der Waals surface area (Å²) in [5.74, 6) is -1.80. The molecular formula is C12H7Cl2NO4. The second kappa shape index (κ2) is 4.95. The van der Waals surface area contributed by atoms with Crippen molar-refractivity contribution in [1.29, 1.82) is 0 Å². The first-order chi connectivity index (χ1) is 8.91. The molecule has 0 aliphatic carbocycles. The normalized spacial score (nSPS) is 10.4. The molecule has 1 aromatic heterocycles. The highest BCUT2D eigenvalue weighted by atomic mass is 35.5. The highest BCUT2D eigenvalue weighted by Gasteiger charge is 2.17. The maximum absolute atomic E-state index is 11.9. The third-order valence-electron chi connectivity index (χ3n) is 2.41. The van der Waals surface area contributed by atoms with E-state index in [1.54, 1.807) is 0 Å². The SMILES string of the molecule is O=C(O)c1cc(O)cc(=O)n1-c1cccc(Cl)c1Cl. The average Bonchev–Trinajstić information content (AvgIpc) is 2.32. The summed E-state index contributed by atoms with van der Waals surface area (Å²) >= 11 is 11.8. The van der Waals surface area contributed by atoms with E-state index in [-0.39, 0.29) is 15.7 Å². The fraction of sp³-hybridized carbons (Fsp3) is 0. The summed E-state index contributed by atoms with van der Waals surface area (Å²) in [6.07, 6.45) is 0. The molecule has 1 aromatic carbocycles. The molecule has 0 amide bonds. The lowest BCUT2D eigenvalue weighted by molar-refractivity contribution is 0.0686. The summed E-state index contributed by atoms with van der Waals surface area (Å²) in [6.45, 7) is 0. The van der Waals surface area contributed by atoms with Crippen molar-refractivity contribution in [1.82, 2.24) is 4.57 Å². The Kier molecular flexibility index (Phi) is 3.50. The molecule has 0 saturated carbocycles. The Balaban J connectivity index is 2.86. The molecule has 2 rings (SSSR count). The lowest BCUT2D eigenvalue weighted by Crippen LogP contribution is -2.23. The van der Waals surface area contributed by atoms with Gasteiger partial charge < -0.3 is 10.2 Å². The number of hydrogen-bond donors (Lipinski definition) is 2. The van der Waals surface area contributed by atoms with Crippen molar-refractivity contribution >= 4 is 29.2 Å². The monoisotopic (exact) mass is 299 g/mol. The molecule has 19 heavy (non-hydrogen) atoms. The Bertz CT molecular complexity index is 724. The predicted octanol–water partition coefficient (Wildman–Crippen LogP) is 2.55. The number of aromatic carboxylic acids is 1. The zero-order valence-corrected chi connectivity index (χ0v) is 10.8. The molecule has 0 atom stereocenters. The maximum atomic E-state index is 11.9. The van der Waals surface area contributed by atoms with E-state index in [0.29, 0.717) is 0 Å². The summed E-state index contributed by atoms with van der Waals surface area (Å²) in [4.78, 5) is 23.0. The van der Waals surface area contributed by atoms with Gasteiger partial charge in [0.1, 0.15) is 11.4 Å². The van der Waals surface area contributed by atoms with Crippen LogP contribution < -0.4 is 5.56 Å². The Labute approximate surface area is 117 Å². The van der Waals surface area contributed by atoms with Gasteiger partial charge in [0.05, 0.1) is 15.7 Å². The van der Waals surface area contributed by atoms with Crippen LogP contribution in [0, 0.1) is 0 Å². The lowest BCUT2D eigenvalue weighted by atomic mass is 10.2. The molecule has 1 heterocycles. The zero-order valence-electron chi connectivity index (χ0n) is 9.30. The smallest absolute Gasteiger partial charge is 0.353 e. The maximum Gasteiger partial charge on any atom is 0.353 e. The van der Waals surface area contributed by atoms with Gasteiger partial charge in [-0.15, -0.1) is 0 Å². The molecule has 0 spiro atoms. The van der Waals surface area contributed by atoms with Gasteiger partial charge >= 0.3 is 5.97 Å². The number of pyridine rings is 1. The van der Waals surface area contributed by atoms with Crippen LogP contribution in [0.1, 0.15) is 10.5 Å². The van der Waals surface area contributed by atoms with Gasteiger partial charge in [0.25, 0.3) is 5.56 Å². The van der Waals surface area contributed by atoms with E-state index in [2.05, 4.69) is 0 Å². The van der Waals surface area contributed by atoms with Crippen molar-refractivity contribution < 1.29 is 15.0 Å². The van der Waals surface area contributed by atoms with Gasteiger partial charge in [0.15, 0.2) is 0 Å². The van der Waals surface area contributed by atoms with Crippen LogP contribution in [0.5, 0.6) is 5.75 Å². The van der Waals surface area contributed by atoms with Crippen LogP contribution in [-0.2, 0) is 0 Å². The van der Waals surface area contributed by atoms with Crippen LogP contribution in [0.2, 0.25) is 10.0 Å². The third-order valence-corrected chi connectivity index (χ3v) is 3.22. The number of aromatic nitrogens is 1. The molecule has 0 saturated heterocycles. The van der Waals surface area contributed by atoms with Crippen LogP contribution in [0.4, 0.5) is 0 Å². The first kappa shape index (κ1) is 13.5. The standard InChI is InChI=1S/C12H7Cl2NO4/c13-7-2-1-3-8(11(7)14)15-9(12(18)19)4-6(16)5-10(15)17/h1-5,16H,(H,18,19). The molecule has 0 fully saturated rings. The first-order valence-electron chi connectivity index (χ1n) is 5.05. The van der Waals surface area contributed by atoms with Crippen molar-refractivity contribution in [2.45, 2.75) is 0 Å². The molecule has 0 unspecified atom stereocenters. The topological polar surface area (TPSA) is 79.5 Å². The fourth-order valence-electron chi connectivity index (χ4n) is 1.63. The number of benzene rings is 1. The zero-order chi connectivity index (χ0) is 14.2. The molecule has 2 aromatic rings. The van der Waals surface area contributed by atoms with E-state index in [9.17, 15) is 14.7 Å². The molecule has 5 nitrogen and oxygen atoms in total.